The molecule has 1 nitrogen and oxygen atoms in total. The molecular formula is C13H19N. The molecule has 0 radical (unpaired) electrons. The van der Waals surface area contributed by atoms with Crippen LogP contribution in [0.25, 0.3) is 0 Å². The molecule has 2 rings (SSSR count). The Morgan fingerprint density at radius 1 is 1.29 bits per heavy atom. The second kappa shape index (κ2) is 4.50. The van der Waals surface area contributed by atoms with E-state index in [-0.39, 0.29) is 0 Å². The Morgan fingerprint density at radius 3 is 2.79 bits per heavy atom. The van der Waals surface area contributed by atoms with E-state index in [1.165, 1.54) is 43.5 Å². The Kier molecular flexibility index (Phi) is 3.07. The lowest BCUT2D eigenvalue weighted by atomic mass is 10.1. The van der Waals surface area contributed by atoms with Crippen LogP contribution in [0.4, 0.5) is 5.69 Å². The van der Waals surface area contributed by atoms with Crippen molar-refractivity contribution >= 4 is 5.69 Å². The molecule has 76 valence electrons. The van der Waals surface area contributed by atoms with Crippen molar-refractivity contribution in [1.82, 2.24) is 0 Å². The summed E-state index contributed by atoms with van der Waals surface area (Å²) in [4.78, 5) is 0. The Hall–Kier alpha value is -0.980. The van der Waals surface area contributed by atoms with Gasteiger partial charge in [-0.15, -0.1) is 0 Å². The average Bonchev–Trinajstić information content (AvgIpc) is 3.01. The van der Waals surface area contributed by atoms with E-state index in [1.807, 2.05) is 0 Å². The van der Waals surface area contributed by atoms with Crippen LogP contribution in [0.15, 0.2) is 24.3 Å². The zero-order valence-electron chi connectivity index (χ0n) is 8.92. The van der Waals surface area contributed by atoms with Gasteiger partial charge in [-0.2, -0.15) is 0 Å². The fraction of sp³-hybridized carbons (Fsp3) is 0.538. The molecule has 1 heteroatoms. The van der Waals surface area contributed by atoms with Crippen LogP contribution in [0, 0.1) is 5.92 Å². The van der Waals surface area contributed by atoms with E-state index < -0.39 is 0 Å². The molecule has 1 saturated carbocycles. The van der Waals surface area contributed by atoms with Gasteiger partial charge in [-0.1, -0.05) is 31.5 Å². The summed E-state index contributed by atoms with van der Waals surface area (Å²) in [6.45, 7) is 3.40. The normalized spacial score (nSPS) is 15.5. The first-order valence-corrected chi connectivity index (χ1v) is 5.72. The number of rotatable bonds is 5. The maximum atomic E-state index is 3.56. The molecule has 0 heterocycles. The predicted molar refractivity (Wildman–Crippen MR) is 61.7 cm³/mol. The van der Waals surface area contributed by atoms with Crippen LogP contribution in [-0.2, 0) is 6.42 Å². The summed E-state index contributed by atoms with van der Waals surface area (Å²) < 4.78 is 0. The topological polar surface area (TPSA) is 12.0 Å². The predicted octanol–water partition coefficient (Wildman–Crippen LogP) is 3.46. The smallest absolute Gasteiger partial charge is 0.0372 e. The van der Waals surface area contributed by atoms with Crippen molar-refractivity contribution in [3.63, 3.8) is 0 Å². The standard InChI is InChI=1S/C13H19N/c1-2-5-12-6-3-4-7-13(12)14-10-11-8-9-11/h3-4,6-7,11,14H,2,5,8-10H2,1H3. The first-order chi connectivity index (χ1) is 6.90. The number of benzene rings is 1. The van der Waals surface area contributed by atoms with E-state index in [0.717, 1.165) is 5.92 Å². The summed E-state index contributed by atoms with van der Waals surface area (Å²) in [6.07, 6.45) is 5.25. The molecular weight excluding hydrogens is 170 g/mol. The SMILES string of the molecule is CCCc1ccccc1NCC1CC1. The van der Waals surface area contributed by atoms with Gasteiger partial charge in [-0.25, -0.2) is 0 Å². The van der Waals surface area contributed by atoms with Gasteiger partial charge in [-0.3, -0.25) is 0 Å². The van der Waals surface area contributed by atoms with Crippen LogP contribution in [0.3, 0.4) is 0 Å². The Labute approximate surface area is 86.5 Å². The van der Waals surface area contributed by atoms with Crippen molar-refractivity contribution in [2.45, 2.75) is 32.6 Å². The van der Waals surface area contributed by atoms with Crippen molar-refractivity contribution < 1.29 is 0 Å². The highest BCUT2D eigenvalue weighted by Crippen LogP contribution is 2.29. The molecule has 1 aliphatic carbocycles. The van der Waals surface area contributed by atoms with Crippen LogP contribution in [-0.4, -0.2) is 6.54 Å². The molecule has 1 fully saturated rings. The molecule has 0 amide bonds. The van der Waals surface area contributed by atoms with Gasteiger partial charge in [-0.05, 0) is 36.8 Å². The maximum Gasteiger partial charge on any atom is 0.0372 e. The van der Waals surface area contributed by atoms with Crippen molar-refractivity contribution in [2.24, 2.45) is 5.92 Å². The highest BCUT2D eigenvalue weighted by atomic mass is 14.9. The van der Waals surface area contributed by atoms with Gasteiger partial charge in [0, 0.05) is 12.2 Å². The lowest BCUT2D eigenvalue weighted by Crippen LogP contribution is -2.05. The highest BCUT2D eigenvalue weighted by Gasteiger charge is 2.20. The molecule has 1 aromatic rings. The molecule has 0 atom stereocenters. The molecule has 0 spiro atoms. The van der Waals surface area contributed by atoms with Crippen LogP contribution in [0.1, 0.15) is 31.7 Å². The van der Waals surface area contributed by atoms with E-state index in [9.17, 15) is 0 Å². The number of hydrogen-bond donors (Lipinski definition) is 1. The summed E-state index contributed by atoms with van der Waals surface area (Å²) in [6, 6.07) is 8.69. The van der Waals surface area contributed by atoms with Gasteiger partial charge < -0.3 is 5.32 Å². The van der Waals surface area contributed by atoms with Gasteiger partial charge in [0.25, 0.3) is 0 Å². The summed E-state index contributed by atoms with van der Waals surface area (Å²) in [7, 11) is 0. The number of para-hydroxylation sites is 1. The minimum Gasteiger partial charge on any atom is -0.385 e. The molecule has 0 aromatic heterocycles. The average molecular weight is 189 g/mol. The van der Waals surface area contributed by atoms with Crippen molar-refractivity contribution in [1.29, 1.82) is 0 Å². The van der Waals surface area contributed by atoms with E-state index in [4.69, 9.17) is 0 Å². The van der Waals surface area contributed by atoms with Crippen LogP contribution in [0.5, 0.6) is 0 Å². The monoisotopic (exact) mass is 189 g/mol. The third kappa shape index (κ3) is 2.50. The minimum atomic E-state index is 0.949. The minimum absolute atomic E-state index is 0.949. The van der Waals surface area contributed by atoms with Crippen LogP contribution >= 0.6 is 0 Å². The van der Waals surface area contributed by atoms with E-state index >= 15 is 0 Å². The van der Waals surface area contributed by atoms with Gasteiger partial charge in [0.1, 0.15) is 0 Å². The summed E-state index contributed by atoms with van der Waals surface area (Å²) in [5.74, 6) is 0.949. The summed E-state index contributed by atoms with van der Waals surface area (Å²) in [5.41, 5.74) is 2.82. The van der Waals surface area contributed by atoms with Gasteiger partial charge in [0.15, 0.2) is 0 Å². The summed E-state index contributed by atoms with van der Waals surface area (Å²) in [5, 5.41) is 3.56. The second-order valence-corrected chi connectivity index (χ2v) is 4.23. The largest absolute Gasteiger partial charge is 0.385 e. The zero-order valence-corrected chi connectivity index (χ0v) is 8.92. The fourth-order valence-corrected chi connectivity index (χ4v) is 1.76. The fourth-order valence-electron chi connectivity index (χ4n) is 1.76. The lowest BCUT2D eigenvalue weighted by molar-refractivity contribution is 0.876. The molecule has 1 aliphatic rings. The molecule has 1 aromatic carbocycles. The lowest BCUT2D eigenvalue weighted by Gasteiger charge is -2.10. The van der Waals surface area contributed by atoms with Gasteiger partial charge in [0.2, 0.25) is 0 Å². The summed E-state index contributed by atoms with van der Waals surface area (Å²) >= 11 is 0. The van der Waals surface area contributed by atoms with Gasteiger partial charge >= 0.3 is 0 Å². The molecule has 0 saturated heterocycles. The Balaban J connectivity index is 1.97. The highest BCUT2D eigenvalue weighted by molar-refractivity contribution is 5.51. The Bertz CT molecular complexity index is 289. The molecule has 0 unspecified atom stereocenters. The Morgan fingerprint density at radius 2 is 2.07 bits per heavy atom. The molecule has 0 aliphatic heterocycles. The van der Waals surface area contributed by atoms with Crippen LogP contribution in [0.2, 0.25) is 0 Å². The first-order valence-electron chi connectivity index (χ1n) is 5.72. The molecule has 1 N–H and O–H groups in total. The van der Waals surface area contributed by atoms with Crippen molar-refractivity contribution in [3.8, 4) is 0 Å². The first kappa shape index (κ1) is 9.57. The number of nitrogens with one attached hydrogen (secondary N) is 1. The quantitative estimate of drug-likeness (QED) is 0.748. The molecule has 0 bridgehead atoms. The molecule has 14 heavy (non-hydrogen) atoms. The van der Waals surface area contributed by atoms with Crippen molar-refractivity contribution in [2.75, 3.05) is 11.9 Å². The zero-order chi connectivity index (χ0) is 9.80. The number of anilines is 1. The number of hydrogen-bond acceptors (Lipinski definition) is 1. The van der Waals surface area contributed by atoms with Crippen molar-refractivity contribution in [3.05, 3.63) is 29.8 Å². The maximum absolute atomic E-state index is 3.56. The third-order valence-corrected chi connectivity index (χ3v) is 2.81. The van der Waals surface area contributed by atoms with E-state index in [2.05, 4.69) is 36.5 Å². The second-order valence-electron chi connectivity index (χ2n) is 4.23. The van der Waals surface area contributed by atoms with E-state index in [1.54, 1.807) is 0 Å². The van der Waals surface area contributed by atoms with Gasteiger partial charge in [0.05, 0.1) is 0 Å². The van der Waals surface area contributed by atoms with E-state index in [0.29, 0.717) is 0 Å². The number of aryl methyl sites for hydroxylation is 1. The van der Waals surface area contributed by atoms with Crippen LogP contribution < -0.4 is 5.32 Å². The third-order valence-electron chi connectivity index (χ3n) is 2.81.